The van der Waals surface area contributed by atoms with Gasteiger partial charge in [-0.3, -0.25) is 9.69 Å². The van der Waals surface area contributed by atoms with Crippen molar-refractivity contribution < 1.29 is 18.7 Å². The minimum atomic E-state index is -0.115. The Morgan fingerprint density at radius 3 is 2.56 bits per heavy atom. The van der Waals surface area contributed by atoms with E-state index in [4.69, 9.17) is 37.7 Å². The normalized spacial score (nSPS) is 15.1. The third kappa shape index (κ3) is 8.10. The van der Waals surface area contributed by atoms with Crippen LogP contribution in [0.1, 0.15) is 31.4 Å². The van der Waals surface area contributed by atoms with Crippen molar-refractivity contribution in [1.82, 2.24) is 4.90 Å². The molecule has 0 spiro atoms. The molecule has 1 aliphatic rings. The Morgan fingerprint density at radius 1 is 1.06 bits per heavy atom. The molecule has 6 nitrogen and oxygen atoms in total. The highest BCUT2D eigenvalue weighted by molar-refractivity contribution is 8.26. The highest BCUT2D eigenvalue weighted by atomic mass is 35.5. The molecule has 0 radical (unpaired) electrons. The number of anilines is 1. The van der Waals surface area contributed by atoms with Crippen LogP contribution in [0.25, 0.3) is 16.7 Å². The van der Waals surface area contributed by atoms with E-state index in [0.29, 0.717) is 41.4 Å². The number of unbranched alkanes of at least 4 members (excludes halogenated alkanes) is 3. The van der Waals surface area contributed by atoms with Crippen LogP contribution in [0.2, 0.25) is 0 Å². The lowest BCUT2D eigenvalue weighted by Crippen LogP contribution is -2.31. The molecule has 0 bridgehead atoms. The fraction of sp³-hybridized carbons (Fsp3) is 0.500. The van der Waals surface area contributed by atoms with E-state index in [1.54, 1.807) is 22.3 Å². The van der Waals surface area contributed by atoms with E-state index in [-0.39, 0.29) is 5.91 Å². The Balaban J connectivity index is 1.40. The fourth-order valence-corrected chi connectivity index (χ4v) is 5.58. The largest absolute Gasteiger partial charge is 0.456 e. The number of alkyl halides is 1. The average molecular weight is 543 g/mol. The number of rotatable bonds is 15. The lowest BCUT2D eigenvalue weighted by atomic mass is 10.2. The lowest BCUT2D eigenvalue weighted by molar-refractivity contribution is -0.122. The third-order valence-corrected chi connectivity index (χ3v) is 7.97. The molecule has 1 saturated heterocycles. The lowest BCUT2D eigenvalue weighted by Gasteiger charge is -2.14. The zero-order valence-corrected chi connectivity index (χ0v) is 22.8. The van der Waals surface area contributed by atoms with Crippen LogP contribution in [-0.4, -0.2) is 68.1 Å². The molecule has 0 unspecified atom stereocenters. The van der Waals surface area contributed by atoms with Crippen molar-refractivity contribution in [3.05, 3.63) is 34.9 Å². The molecule has 3 rings (SSSR count). The Kier molecular flexibility index (Phi) is 11.4. The molecule has 2 aromatic rings. The van der Waals surface area contributed by atoms with Gasteiger partial charge >= 0.3 is 0 Å². The van der Waals surface area contributed by atoms with E-state index in [9.17, 15) is 4.79 Å². The topological polar surface area (TPSA) is 55.2 Å². The number of nitrogens with zero attached hydrogens (tertiary/aromatic N) is 2. The van der Waals surface area contributed by atoms with Crippen LogP contribution in [0.5, 0.6) is 0 Å². The van der Waals surface area contributed by atoms with Crippen molar-refractivity contribution in [2.24, 2.45) is 0 Å². The minimum absolute atomic E-state index is 0.115. The van der Waals surface area contributed by atoms with Crippen LogP contribution in [0.3, 0.4) is 0 Å². The number of thiophene rings is 1. The molecule has 0 aromatic carbocycles. The number of ether oxygens (including phenoxy) is 2. The average Bonchev–Trinajstić information content (AvgIpc) is 3.53. The summed E-state index contributed by atoms with van der Waals surface area (Å²) in [5, 5.41) is 1.15. The summed E-state index contributed by atoms with van der Waals surface area (Å²) >= 11 is 14.0. The van der Waals surface area contributed by atoms with E-state index in [2.05, 4.69) is 11.0 Å². The number of furan rings is 1. The highest BCUT2D eigenvalue weighted by Gasteiger charge is 2.32. The molecule has 2 aromatic heterocycles. The minimum Gasteiger partial charge on any atom is -0.456 e. The Labute approximate surface area is 220 Å². The second-order valence-electron chi connectivity index (χ2n) is 7.90. The third-order valence-electron chi connectivity index (χ3n) is 5.05. The van der Waals surface area contributed by atoms with Gasteiger partial charge in [0.2, 0.25) is 0 Å². The van der Waals surface area contributed by atoms with Gasteiger partial charge in [0.15, 0.2) is 0 Å². The van der Waals surface area contributed by atoms with Gasteiger partial charge in [-0.1, -0.05) is 36.8 Å². The monoisotopic (exact) mass is 542 g/mol. The predicted molar refractivity (Wildman–Crippen MR) is 147 cm³/mol. The summed E-state index contributed by atoms with van der Waals surface area (Å²) in [4.78, 5) is 18.0. The first kappa shape index (κ1) is 27.2. The maximum absolute atomic E-state index is 12.8. The van der Waals surface area contributed by atoms with Gasteiger partial charge in [-0.2, -0.15) is 0 Å². The van der Waals surface area contributed by atoms with Crippen LogP contribution in [-0.2, 0) is 14.3 Å². The van der Waals surface area contributed by atoms with Gasteiger partial charge < -0.3 is 18.8 Å². The molecule has 1 amide bonds. The summed E-state index contributed by atoms with van der Waals surface area (Å²) in [6.07, 6.45) is 6.15. The number of carbonyl (C=O) groups is 1. The maximum Gasteiger partial charge on any atom is 0.266 e. The van der Waals surface area contributed by atoms with Crippen LogP contribution in [0.15, 0.2) is 33.6 Å². The molecule has 1 fully saturated rings. The second kappa shape index (κ2) is 14.3. The van der Waals surface area contributed by atoms with E-state index < -0.39 is 0 Å². The van der Waals surface area contributed by atoms with E-state index in [0.717, 1.165) is 53.8 Å². The molecule has 0 aliphatic carbocycles. The number of amides is 1. The molecule has 0 saturated carbocycles. The molecule has 10 heteroatoms. The van der Waals surface area contributed by atoms with Gasteiger partial charge in [0.25, 0.3) is 5.91 Å². The van der Waals surface area contributed by atoms with Crippen LogP contribution >= 0.6 is 46.9 Å². The van der Waals surface area contributed by atoms with Crippen molar-refractivity contribution in [3.8, 4) is 10.6 Å². The van der Waals surface area contributed by atoms with Gasteiger partial charge in [0.1, 0.15) is 15.8 Å². The molecule has 0 atom stereocenters. The number of hydrogen-bond acceptors (Lipinski definition) is 8. The van der Waals surface area contributed by atoms with Crippen molar-refractivity contribution in [2.75, 3.05) is 57.8 Å². The van der Waals surface area contributed by atoms with Gasteiger partial charge in [-0.15, -0.1) is 22.9 Å². The van der Waals surface area contributed by atoms with Crippen LogP contribution in [0.4, 0.5) is 5.00 Å². The van der Waals surface area contributed by atoms with Gasteiger partial charge in [0.05, 0.1) is 41.1 Å². The quantitative estimate of drug-likeness (QED) is 0.116. The summed E-state index contributed by atoms with van der Waals surface area (Å²) < 4.78 is 17.7. The second-order valence-corrected chi connectivity index (χ2v) is 11.0. The number of hydrogen-bond donors (Lipinski definition) is 0. The van der Waals surface area contributed by atoms with Crippen LogP contribution < -0.4 is 4.90 Å². The van der Waals surface area contributed by atoms with E-state index in [1.807, 2.05) is 32.3 Å². The van der Waals surface area contributed by atoms with Crippen molar-refractivity contribution in [1.29, 1.82) is 0 Å². The summed E-state index contributed by atoms with van der Waals surface area (Å²) in [7, 11) is 4.02. The first-order valence-corrected chi connectivity index (χ1v) is 13.9. The summed E-state index contributed by atoms with van der Waals surface area (Å²) in [6.45, 7) is 2.63. The first-order chi connectivity index (χ1) is 16.5. The number of thiocarbonyl (C=S) groups is 1. The van der Waals surface area contributed by atoms with Gasteiger partial charge in [-0.05, 0) is 37.1 Å². The maximum atomic E-state index is 12.8. The molecule has 3 heterocycles. The Hall–Kier alpha value is -1.36. The molecule has 0 N–H and O–H groups in total. The molecular weight excluding hydrogens is 512 g/mol. The fourth-order valence-electron chi connectivity index (χ4n) is 3.22. The Bertz CT molecular complexity index is 973. The smallest absolute Gasteiger partial charge is 0.266 e. The van der Waals surface area contributed by atoms with Gasteiger partial charge in [-0.25, -0.2) is 0 Å². The van der Waals surface area contributed by atoms with Gasteiger partial charge in [0, 0.05) is 32.7 Å². The standard InChI is InChI=1S/C24H31ClN2O4S3/c1-26(2)22-10-9-20(33-22)19-8-7-18(31-19)17-21-23(28)27(24(32)34-21)12-14-30-16-15-29-13-6-4-3-5-11-25/h7-10,17H,3-6,11-16H2,1-2H3/b21-17-. The SMILES string of the molecule is CN(C)c1ccc(-c2ccc(/C=C3\SC(=S)N(CCOCCOCCCCCCCl)C3=O)o2)s1. The van der Waals surface area contributed by atoms with Crippen molar-refractivity contribution >= 4 is 68.2 Å². The number of thioether (sulfide) groups is 1. The van der Waals surface area contributed by atoms with E-state index in [1.165, 1.54) is 11.8 Å². The number of carbonyl (C=O) groups excluding carboxylic acids is 1. The van der Waals surface area contributed by atoms with Crippen LogP contribution in [0, 0.1) is 0 Å². The van der Waals surface area contributed by atoms with E-state index >= 15 is 0 Å². The van der Waals surface area contributed by atoms with Crippen molar-refractivity contribution in [3.63, 3.8) is 0 Å². The molecule has 1 aliphatic heterocycles. The first-order valence-electron chi connectivity index (χ1n) is 11.3. The summed E-state index contributed by atoms with van der Waals surface area (Å²) in [6, 6.07) is 7.90. The van der Waals surface area contributed by atoms with Crippen molar-refractivity contribution in [2.45, 2.75) is 25.7 Å². The number of halogens is 1. The molecule has 186 valence electrons. The highest BCUT2D eigenvalue weighted by Crippen LogP contribution is 2.36. The Morgan fingerprint density at radius 2 is 1.82 bits per heavy atom. The molecular formula is C24H31ClN2O4S3. The predicted octanol–water partition coefficient (Wildman–Crippen LogP) is 6.11. The zero-order chi connectivity index (χ0) is 24.3. The summed E-state index contributed by atoms with van der Waals surface area (Å²) in [5.41, 5.74) is 0. The molecule has 34 heavy (non-hydrogen) atoms. The summed E-state index contributed by atoms with van der Waals surface area (Å²) in [5.74, 6) is 2.03. The zero-order valence-electron chi connectivity index (χ0n) is 19.6.